The molecule has 11 heteroatoms. The van der Waals surface area contributed by atoms with Crippen LogP contribution in [0.4, 0.5) is 19.0 Å². The Balaban J connectivity index is 1.23. The van der Waals surface area contributed by atoms with Gasteiger partial charge in [-0.25, -0.2) is 23.1 Å². The number of fused-ring (bicyclic) bond motifs is 2. The molecule has 4 heterocycles. The first-order valence-electron chi connectivity index (χ1n) is 14.8. The maximum Gasteiger partial charge on any atom is 0.316 e. The van der Waals surface area contributed by atoms with Crippen molar-refractivity contribution in [3.8, 4) is 35.4 Å². The molecule has 1 N–H and O–H groups in total. The molecule has 8 nitrogen and oxygen atoms in total. The van der Waals surface area contributed by atoms with Gasteiger partial charge in [0, 0.05) is 63.4 Å². The molecule has 2 saturated heterocycles. The van der Waals surface area contributed by atoms with Crippen molar-refractivity contribution in [3.05, 3.63) is 47.9 Å². The standard InChI is InChI=1S/C33H32F3N5O3/c1-3-23-26(34)6-5-20-13-21(42)14-24(29(20)23)27-15-28-25(30(38-27)41-9-4-10-41)16-37-31(39-28)44-19-32(17-33(32,35)36)18-40-11-7-22(43-2)8-12-40/h1,5-6,13-16,22,42H,4,7-12,17-19H2,2H3. The average molecular weight is 604 g/mol. The Labute approximate surface area is 252 Å². The van der Waals surface area contributed by atoms with Crippen LogP contribution >= 0.6 is 0 Å². The smallest absolute Gasteiger partial charge is 0.316 e. The van der Waals surface area contributed by atoms with Gasteiger partial charge in [-0.1, -0.05) is 12.0 Å². The number of pyridine rings is 1. The molecule has 1 saturated carbocycles. The molecular weight excluding hydrogens is 571 g/mol. The van der Waals surface area contributed by atoms with E-state index < -0.39 is 17.2 Å². The number of hydrogen-bond donors (Lipinski definition) is 1. The summed E-state index contributed by atoms with van der Waals surface area (Å²) in [7, 11) is 1.68. The van der Waals surface area contributed by atoms with Gasteiger partial charge < -0.3 is 24.4 Å². The number of ether oxygens (including phenoxy) is 2. The Morgan fingerprint density at radius 1 is 1.11 bits per heavy atom. The van der Waals surface area contributed by atoms with Crippen LogP contribution in [0.1, 0.15) is 31.2 Å². The summed E-state index contributed by atoms with van der Waals surface area (Å²) in [5.41, 5.74) is 0.130. The number of halogens is 3. The fourth-order valence-electron chi connectivity index (χ4n) is 6.43. The van der Waals surface area contributed by atoms with Crippen molar-refractivity contribution in [1.29, 1.82) is 0 Å². The molecule has 1 unspecified atom stereocenters. The van der Waals surface area contributed by atoms with Gasteiger partial charge in [-0.05, 0) is 48.9 Å². The molecule has 3 aliphatic rings. The normalized spacial score (nSPS) is 21.8. The molecule has 0 spiro atoms. The van der Waals surface area contributed by atoms with Gasteiger partial charge >= 0.3 is 6.01 Å². The number of anilines is 1. The molecule has 2 aliphatic heterocycles. The van der Waals surface area contributed by atoms with E-state index in [-0.39, 0.29) is 43.0 Å². The zero-order valence-corrected chi connectivity index (χ0v) is 24.3. The number of aromatic hydroxyl groups is 1. The third-order valence-electron chi connectivity index (χ3n) is 9.25. The van der Waals surface area contributed by atoms with E-state index in [1.54, 1.807) is 25.4 Å². The number of nitrogens with zero attached hydrogens (tertiary/aromatic N) is 5. The first-order chi connectivity index (χ1) is 21.2. The van der Waals surface area contributed by atoms with Crippen LogP contribution in [0.25, 0.3) is 32.9 Å². The summed E-state index contributed by atoms with van der Waals surface area (Å²) in [6.45, 7) is 2.99. The molecule has 1 atom stereocenters. The number of methoxy groups -OCH3 is 1. The number of aromatic nitrogens is 3. The second-order valence-corrected chi connectivity index (χ2v) is 12.1. The van der Waals surface area contributed by atoms with Crippen molar-refractivity contribution >= 4 is 27.5 Å². The molecule has 0 bridgehead atoms. The number of terminal acetylenes is 1. The van der Waals surface area contributed by atoms with Crippen molar-refractivity contribution in [2.45, 2.75) is 37.7 Å². The van der Waals surface area contributed by atoms with Crippen LogP contribution < -0.4 is 9.64 Å². The first-order valence-corrected chi connectivity index (χ1v) is 14.8. The number of hydrogen-bond acceptors (Lipinski definition) is 8. The van der Waals surface area contributed by atoms with Crippen molar-refractivity contribution in [2.24, 2.45) is 5.41 Å². The lowest BCUT2D eigenvalue weighted by Gasteiger charge is -2.33. The molecule has 44 heavy (non-hydrogen) atoms. The minimum Gasteiger partial charge on any atom is -0.508 e. The zero-order chi connectivity index (χ0) is 30.6. The highest BCUT2D eigenvalue weighted by Crippen LogP contribution is 2.61. The summed E-state index contributed by atoms with van der Waals surface area (Å²) in [5, 5.41) is 12.2. The van der Waals surface area contributed by atoms with Crippen LogP contribution in [0.3, 0.4) is 0 Å². The van der Waals surface area contributed by atoms with Gasteiger partial charge in [0.05, 0.1) is 33.7 Å². The highest BCUT2D eigenvalue weighted by Gasteiger charge is 2.72. The molecule has 228 valence electrons. The highest BCUT2D eigenvalue weighted by atomic mass is 19.3. The lowest BCUT2D eigenvalue weighted by Crippen LogP contribution is -2.42. The SMILES string of the molecule is C#Cc1c(F)ccc2cc(O)cc(-c3cc4nc(OCC5(CN6CCC(OC)CC6)CC5(F)F)ncc4c(N4CCC4)n3)c12. The van der Waals surface area contributed by atoms with E-state index in [2.05, 4.69) is 25.7 Å². The van der Waals surface area contributed by atoms with Crippen LogP contribution in [-0.4, -0.2) is 83.4 Å². The Morgan fingerprint density at radius 3 is 2.55 bits per heavy atom. The van der Waals surface area contributed by atoms with Crippen molar-refractivity contribution < 1.29 is 27.8 Å². The summed E-state index contributed by atoms with van der Waals surface area (Å²) in [6.07, 6.45) is 9.84. The molecular formula is C33H32F3N5O3. The van der Waals surface area contributed by atoms with Crippen molar-refractivity contribution in [1.82, 2.24) is 19.9 Å². The largest absolute Gasteiger partial charge is 0.508 e. The molecule has 0 amide bonds. The maximum atomic E-state index is 14.8. The van der Waals surface area contributed by atoms with Gasteiger partial charge in [-0.15, -0.1) is 6.42 Å². The molecule has 2 aromatic heterocycles. The summed E-state index contributed by atoms with van der Waals surface area (Å²) in [5.74, 6) is -0.333. The van der Waals surface area contributed by atoms with Crippen LogP contribution in [0.2, 0.25) is 0 Å². The predicted octanol–water partition coefficient (Wildman–Crippen LogP) is 5.40. The van der Waals surface area contributed by atoms with Gasteiger partial charge in [-0.3, -0.25) is 0 Å². The third-order valence-corrected chi connectivity index (χ3v) is 9.25. The fourth-order valence-corrected chi connectivity index (χ4v) is 6.43. The van der Waals surface area contributed by atoms with Crippen LogP contribution in [-0.2, 0) is 4.74 Å². The van der Waals surface area contributed by atoms with E-state index in [9.17, 15) is 18.3 Å². The summed E-state index contributed by atoms with van der Waals surface area (Å²) in [6, 6.07) is 7.55. The van der Waals surface area contributed by atoms with Gasteiger partial charge in [0.1, 0.15) is 24.0 Å². The van der Waals surface area contributed by atoms with Crippen molar-refractivity contribution in [3.63, 3.8) is 0 Å². The summed E-state index contributed by atoms with van der Waals surface area (Å²) >= 11 is 0. The van der Waals surface area contributed by atoms with Crippen LogP contribution in [0.15, 0.2) is 36.5 Å². The number of phenols is 1. The molecule has 0 radical (unpaired) electrons. The maximum absolute atomic E-state index is 14.8. The number of phenolic OH excluding ortho intramolecular Hbond substituents is 1. The van der Waals surface area contributed by atoms with E-state index in [4.69, 9.17) is 20.9 Å². The number of benzene rings is 2. The van der Waals surface area contributed by atoms with E-state index in [0.717, 1.165) is 32.4 Å². The van der Waals surface area contributed by atoms with E-state index >= 15 is 0 Å². The molecule has 4 aromatic rings. The highest BCUT2D eigenvalue weighted by molar-refractivity contribution is 6.03. The molecule has 7 rings (SSSR count). The minimum atomic E-state index is -2.83. The lowest BCUT2D eigenvalue weighted by atomic mass is 9.96. The van der Waals surface area contributed by atoms with Gasteiger partial charge in [0.25, 0.3) is 5.92 Å². The predicted molar refractivity (Wildman–Crippen MR) is 161 cm³/mol. The van der Waals surface area contributed by atoms with Gasteiger partial charge in [0.15, 0.2) is 0 Å². The Morgan fingerprint density at radius 2 is 1.89 bits per heavy atom. The van der Waals surface area contributed by atoms with E-state index in [0.29, 0.717) is 51.8 Å². The summed E-state index contributed by atoms with van der Waals surface area (Å²) < 4.78 is 55.6. The lowest BCUT2D eigenvalue weighted by molar-refractivity contribution is -0.000565. The average Bonchev–Trinajstić information content (AvgIpc) is 3.53. The van der Waals surface area contributed by atoms with Gasteiger partial charge in [0.2, 0.25) is 0 Å². The monoisotopic (exact) mass is 603 g/mol. The number of likely N-dealkylation sites (tertiary alicyclic amines) is 1. The van der Waals surface area contributed by atoms with Gasteiger partial charge in [-0.2, -0.15) is 4.98 Å². The second kappa shape index (κ2) is 10.8. The quantitative estimate of drug-likeness (QED) is 0.268. The number of rotatable bonds is 8. The van der Waals surface area contributed by atoms with E-state index in [1.807, 2.05) is 0 Å². The Kier molecular flexibility index (Phi) is 7.02. The molecule has 3 fully saturated rings. The third kappa shape index (κ3) is 4.96. The minimum absolute atomic E-state index is 0.0134. The molecule has 2 aromatic carbocycles. The second-order valence-electron chi connectivity index (χ2n) is 12.1. The van der Waals surface area contributed by atoms with Crippen LogP contribution in [0.5, 0.6) is 11.8 Å². The molecule has 1 aliphatic carbocycles. The number of piperidine rings is 1. The number of alkyl halides is 2. The topological polar surface area (TPSA) is 83.8 Å². The van der Waals surface area contributed by atoms with E-state index in [1.165, 1.54) is 18.2 Å². The zero-order valence-electron chi connectivity index (χ0n) is 24.3. The van der Waals surface area contributed by atoms with Crippen LogP contribution in [0, 0.1) is 23.6 Å². The fraction of sp³-hybridized carbons (Fsp3) is 0.424. The van der Waals surface area contributed by atoms with Crippen molar-refractivity contribution in [2.75, 3.05) is 51.3 Å². The Bertz CT molecular complexity index is 1800. The first kappa shape index (κ1) is 28.6. The summed E-state index contributed by atoms with van der Waals surface area (Å²) in [4.78, 5) is 18.0. The Hall–Kier alpha value is -4.14.